The Labute approximate surface area is 208 Å². The molecule has 2 heterocycles. The van der Waals surface area contributed by atoms with E-state index in [0.29, 0.717) is 17.3 Å². The van der Waals surface area contributed by atoms with Gasteiger partial charge in [-0.15, -0.1) is 11.3 Å². The van der Waals surface area contributed by atoms with Gasteiger partial charge in [-0.25, -0.2) is 4.98 Å². The van der Waals surface area contributed by atoms with Gasteiger partial charge in [0.05, 0.1) is 22.9 Å². The number of halogens is 1. The van der Waals surface area contributed by atoms with Crippen LogP contribution in [-0.2, 0) is 16.8 Å². The van der Waals surface area contributed by atoms with Gasteiger partial charge in [0.25, 0.3) is 5.91 Å². The molecule has 4 nitrogen and oxygen atoms in total. The zero-order valence-corrected chi connectivity index (χ0v) is 20.9. The minimum Gasteiger partial charge on any atom is -0.482 e. The Balaban J connectivity index is 1.45. The fourth-order valence-electron chi connectivity index (χ4n) is 3.99. The molecule has 1 aliphatic rings. The minimum absolute atomic E-state index is 0.0414. The van der Waals surface area contributed by atoms with Crippen molar-refractivity contribution in [2.45, 2.75) is 32.7 Å². The maximum absolute atomic E-state index is 12.8. The first kappa shape index (κ1) is 22.6. The Kier molecular flexibility index (Phi) is 5.92. The number of amides is 1. The number of hydrogen-bond acceptors (Lipinski definition) is 4. The van der Waals surface area contributed by atoms with E-state index >= 15 is 0 Å². The molecule has 6 heteroatoms. The van der Waals surface area contributed by atoms with E-state index in [4.69, 9.17) is 21.3 Å². The first-order chi connectivity index (χ1) is 16.3. The van der Waals surface area contributed by atoms with Crippen LogP contribution in [0.2, 0.25) is 5.02 Å². The lowest BCUT2D eigenvalue weighted by molar-refractivity contribution is -0.121. The lowest BCUT2D eigenvalue weighted by Crippen LogP contribution is -2.38. The Morgan fingerprint density at radius 2 is 1.82 bits per heavy atom. The average molecular weight is 489 g/mol. The van der Waals surface area contributed by atoms with E-state index in [2.05, 4.69) is 45.0 Å². The van der Waals surface area contributed by atoms with Gasteiger partial charge < -0.3 is 9.64 Å². The number of thiazole rings is 1. The summed E-state index contributed by atoms with van der Waals surface area (Å²) in [4.78, 5) is 19.4. The average Bonchev–Trinajstić information content (AvgIpc) is 3.31. The Morgan fingerprint density at radius 1 is 1.06 bits per heavy atom. The molecule has 0 spiro atoms. The first-order valence-corrected chi connectivity index (χ1v) is 12.4. The number of benzene rings is 3. The molecular formula is C28H25ClN2O2S. The van der Waals surface area contributed by atoms with Gasteiger partial charge >= 0.3 is 0 Å². The molecule has 0 atom stereocenters. The van der Waals surface area contributed by atoms with Crippen molar-refractivity contribution in [1.29, 1.82) is 0 Å². The zero-order chi connectivity index (χ0) is 23.9. The van der Waals surface area contributed by atoms with E-state index in [1.54, 1.807) is 16.2 Å². The van der Waals surface area contributed by atoms with E-state index in [9.17, 15) is 4.79 Å². The summed E-state index contributed by atoms with van der Waals surface area (Å²) in [5.74, 6) is 0.649. The standard InChI is InChI=1S/C28H25ClN2O2S/c1-28(2,3)20-11-8-18(9-12-20)15-31-24-14-19(10-13-25(24)33-16-26(31)32)23-17-34-27(30-23)21-6-4-5-7-22(21)29/h4-14,17H,15-16H2,1-3H3. The van der Waals surface area contributed by atoms with Gasteiger partial charge in [0.15, 0.2) is 6.61 Å². The van der Waals surface area contributed by atoms with Crippen molar-refractivity contribution in [1.82, 2.24) is 4.98 Å². The molecular weight excluding hydrogens is 464 g/mol. The molecule has 1 aromatic heterocycles. The van der Waals surface area contributed by atoms with Gasteiger partial charge in [0.1, 0.15) is 10.8 Å². The van der Waals surface area contributed by atoms with E-state index in [-0.39, 0.29) is 17.9 Å². The van der Waals surface area contributed by atoms with Gasteiger partial charge in [0.2, 0.25) is 0 Å². The molecule has 3 aromatic carbocycles. The first-order valence-electron chi connectivity index (χ1n) is 11.2. The van der Waals surface area contributed by atoms with Crippen LogP contribution in [0.3, 0.4) is 0 Å². The number of carbonyl (C=O) groups excluding carboxylic acids is 1. The third-order valence-corrected chi connectivity index (χ3v) is 7.17. The van der Waals surface area contributed by atoms with Crippen molar-refractivity contribution in [3.63, 3.8) is 0 Å². The number of fused-ring (bicyclic) bond motifs is 1. The van der Waals surface area contributed by atoms with Crippen LogP contribution in [0, 0.1) is 0 Å². The molecule has 0 radical (unpaired) electrons. The van der Waals surface area contributed by atoms with Gasteiger partial charge in [-0.05, 0) is 40.8 Å². The monoisotopic (exact) mass is 488 g/mol. The summed E-state index contributed by atoms with van der Waals surface area (Å²) >= 11 is 7.91. The Bertz CT molecular complexity index is 1360. The summed E-state index contributed by atoms with van der Waals surface area (Å²) in [5.41, 5.74) is 5.89. The summed E-state index contributed by atoms with van der Waals surface area (Å²) in [6.07, 6.45) is 0. The highest BCUT2D eigenvalue weighted by atomic mass is 35.5. The molecule has 0 saturated carbocycles. The maximum Gasteiger partial charge on any atom is 0.265 e. The fraction of sp³-hybridized carbons (Fsp3) is 0.214. The highest BCUT2D eigenvalue weighted by Crippen LogP contribution is 2.39. The number of ether oxygens (including phenoxy) is 1. The molecule has 0 unspecified atom stereocenters. The van der Waals surface area contributed by atoms with E-state index in [1.165, 1.54) is 5.56 Å². The number of rotatable bonds is 4. The zero-order valence-electron chi connectivity index (χ0n) is 19.3. The molecule has 34 heavy (non-hydrogen) atoms. The molecule has 5 rings (SSSR count). The lowest BCUT2D eigenvalue weighted by atomic mass is 9.87. The van der Waals surface area contributed by atoms with Crippen LogP contribution in [-0.4, -0.2) is 17.5 Å². The number of carbonyl (C=O) groups is 1. The number of nitrogens with zero attached hydrogens (tertiary/aromatic N) is 2. The highest BCUT2D eigenvalue weighted by molar-refractivity contribution is 7.13. The van der Waals surface area contributed by atoms with Crippen molar-refractivity contribution in [3.05, 3.63) is 88.3 Å². The molecule has 1 amide bonds. The third-order valence-electron chi connectivity index (χ3n) is 5.97. The SMILES string of the molecule is CC(C)(C)c1ccc(CN2C(=O)COc3ccc(-c4csc(-c5ccccc5Cl)n4)cc32)cc1. The van der Waals surface area contributed by atoms with Gasteiger partial charge in [-0.3, -0.25) is 4.79 Å². The largest absolute Gasteiger partial charge is 0.482 e. The molecule has 172 valence electrons. The molecule has 1 aliphatic heterocycles. The second kappa shape index (κ2) is 8.90. The molecule has 4 aromatic rings. The summed E-state index contributed by atoms with van der Waals surface area (Å²) in [6, 6.07) is 22.1. The van der Waals surface area contributed by atoms with Crippen LogP contribution in [0.15, 0.2) is 72.1 Å². The van der Waals surface area contributed by atoms with Crippen molar-refractivity contribution in [2.75, 3.05) is 11.5 Å². The second-order valence-corrected chi connectivity index (χ2v) is 10.7. The fourth-order valence-corrected chi connectivity index (χ4v) is 5.14. The Morgan fingerprint density at radius 3 is 2.56 bits per heavy atom. The third kappa shape index (κ3) is 4.46. The quantitative estimate of drug-likeness (QED) is 0.301. The van der Waals surface area contributed by atoms with E-state index in [0.717, 1.165) is 33.1 Å². The van der Waals surface area contributed by atoms with Crippen LogP contribution in [0.4, 0.5) is 5.69 Å². The van der Waals surface area contributed by atoms with Crippen LogP contribution in [0.5, 0.6) is 5.75 Å². The van der Waals surface area contributed by atoms with Crippen LogP contribution < -0.4 is 9.64 Å². The molecule has 0 saturated heterocycles. The summed E-state index contributed by atoms with van der Waals surface area (Å²) in [6.45, 7) is 7.12. The Hall–Kier alpha value is -3.15. The summed E-state index contributed by atoms with van der Waals surface area (Å²) in [7, 11) is 0. The molecule has 0 N–H and O–H groups in total. The predicted octanol–water partition coefficient (Wildman–Crippen LogP) is 7.35. The van der Waals surface area contributed by atoms with Gasteiger partial charge in [-0.2, -0.15) is 0 Å². The minimum atomic E-state index is -0.0559. The number of anilines is 1. The smallest absolute Gasteiger partial charge is 0.265 e. The molecule has 0 aliphatic carbocycles. The number of hydrogen-bond donors (Lipinski definition) is 0. The predicted molar refractivity (Wildman–Crippen MR) is 140 cm³/mol. The van der Waals surface area contributed by atoms with Crippen LogP contribution in [0.25, 0.3) is 21.8 Å². The van der Waals surface area contributed by atoms with Crippen molar-refractivity contribution >= 4 is 34.5 Å². The topological polar surface area (TPSA) is 42.4 Å². The number of aromatic nitrogens is 1. The highest BCUT2D eigenvalue weighted by Gasteiger charge is 2.26. The summed E-state index contributed by atoms with van der Waals surface area (Å²) < 4.78 is 5.72. The molecule has 0 fully saturated rings. The molecule has 0 bridgehead atoms. The van der Waals surface area contributed by atoms with Crippen molar-refractivity contribution in [2.24, 2.45) is 0 Å². The van der Waals surface area contributed by atoms with E-state index < -0.39 is 0 Å². The van der Waals surface area contributed by atoms with Gasteiger partial charge in [0, 0.05) is 16.5 Å². The van der Waals surface area contributed by atoms with Crippen molar-refractivity contribution in [3.8, 4) is 27.6 Å². The second-order valence-electron chi connectivity index (χ2n) is 9.42. The van der Waals surface area contributed by atoms with Crippen LogP contribution >= 0.6 is 22.9 Å². The maximum atomic E-state index is 12.8. The van der Waals surface area contributed by atoms with E-state index in [1.807, 2.05) is 47.8 Å². The lowest BCUT2D eigenvalue weighted by Gasteiger charge is -2.30. The summed E-state index contributed by atoms with van der Waals surface area (Å²) in [5, 5.41) is 3.56. The van der Waals surface area contributed by atoms with Crippen LogP contribution in [0.1, 0.15) is 31.9 Å². The van der Waals surface area contributed by atoms with Crippen molar-refractivity contribution < 1.29 is 9.53 Å². The van der Waals surface area contributed by atoms with Gasteiger partial charge in [-0.1, -0.05) is 74.8 Å². The normalized spacial score (nSPS) is 13.5.